The van der Waals surface area contributed by atoms with E-state index in [9.17, 15) is 14.4 Å². The molecule has 0 saturated carbocycles. The zero-order valence-electron chi connectivity index (χ0n) is 15.3. The lowest BCUT2D eigenvalue weighted by Gasteiger charge is -2.35. The maximum atomic E-state index is 12.4. The highest BCUT2D eigenvalue weighted by Crippen LogP contribution is 2.12. The van der Waals surface area contributed by atoms with E-state index in [0.717, 1.165) is 0 Å². The van der Waals surface area contributed by atoms with E-state index in [1.54, 1.807) is 11.8 Å². The third-order valence-electron chi connectivity index (χ3n) is 4.43. The van der Waals surface area contributed by atoms with Gasteiger partial charge in [-0.2, -0.15) is 4.98 Å². The summed E-state index contributed by atoms with van der Waals surface area (Å²) in [5.74, 6) is 0.928. The Balaban J connectivity index is 1.39. The van der Waals surface area contributed by atoms with Crippen LogP contribution in [-0.2, 0) is 24.9 Å². The summed E-state index contributed by atoms with van der Waals surface area (Å²) in [6.45, 7) is 5.14. The molecule has 0 radical (unpaired) electrons. The first-order chi connectivity index (χ1) is 13.0. The number of carbonyl (C=O) groups is 3. The van der Waals surface area contributed by atoms with E-state index in [2.05, 4.69) is 10.1 Å². The van der Waals surface area contributed by atoms with E-state index in [1.807, 2.05) is 0 Å². The molecule has 1 aromatic rings. The normalized spacial score (nSPS) is 17.9. The number of ether oxygens (including phenoxy) is 1. The smallest absolute Gasteiger partial charge is 0.312 e. The van der Waals surface area contributed by atoms with Crippen molar-refractivity contribution in [1.29, 1.82) is 0 Å². The first-order valence-corrected chi connectivity index (χ1v) is 10.0. The molecule has 0 bridgehead atoms. The summed E-state index contributed by atoms with van der Waals surface area (Å²) >= 11 is 1.42. The zero-order chi connectivity index (χ0) is 19.2. The average molecular weight is 397 g/mol. The van der Waals surface area contributed by atoms with Crippen molar-refractivity contribution in [1.82, 2.24) is 24.8 Å². The van der Waals surface area contributed by atoms with Gasteiger partial charge >= 0.3 is 11.8 Å². The van der Waals surface area contributed by atoms with Crippen LogP contribution in [0.25, 0.3) is 0 Å². The van der Waals surface area contributed by atoms with Crippen LogP contribution >= 0.6 is 11.8 Å². The van der Waals surface area contributed by atoms with Crippen molar-refractivity contribution in [2.24, 2.45) is 0 Å². The molecule has 0 aliphatic carbocycles. The number of hydrogen-bond donors (Lipinski definition) is 0. The Morgan fingerprint density at radius 2 is 1.56 bits per heavy atom. The fourth-order valence-electron chi connectivity index (χ4n) is 2.92. The van der Waals surface area contributed by atoms with Crippen molar-refractivity contribution in [3.05, 3.63) is 11.7 Å². The van der Waals surface area contributed by atoms with Gasteiger partial charge in [-0.1, -0.05) is 5.16 Å². The minimum absolute atomic E-state index is 0.00632. The van der Waals surface area contributed by atoms with E-state index in [4.69, 9.17) is 9.26 Å². The standard InChI is InChI=1S/C16H23N5O5S/c1-12-17-13(18-26-12)10-27-11-14(22)19-2-4-20(5-3-19)15(23)16(24)21-6-8-25-9-7-21/h2-11H2,1H3. The number of aryl methyl sites for hydroxylation is 1. The highest BCUT2D eigenvalue weighted by molar-refractivity contribution is 7.99. The molecule has 0 unspecified atom stereocenters. The van der Waals surface area contributed by atoms with Crippen LogP contribution in [0.15, 0.2) is 4.52 Å². The summed E-state index contributed by atoms with van der Waals surface area (Å²) < 4.78 is 10.1. The highest BCUT2D eigenvalue weighted by atomic mass is 32.2. The van der Waals surface area contributed by atoms with Gasteiger partial charge in [0.25, 0.3) is 0 Å². The molecule has 0 spiro atoms. The van der Waals surface area contributed by atoms with Gasteiger partial charge in [-0.25, -0.2) is 0 Å². The molecule has 0 atom stereocenters. The van der Waals surface area contributed by atoms with Crippen LogP contribution in [0, 0.1) is 6.92 Å². The Morgan fingerprint density at radius 1 is 0.963 bits per heavy atom. The number of amides is 3. The molecule has 3 amide bonds. The van der Waals surface area contributed by atoms with E-state index in [1.165, 1.54) is 21.6 Å². The topological polar surface area (TPSA) is 109 Å². The zero-order valence-corrected chi connectivity index (χ0v) is 16.1. The summed E-state index contributed by atoms with van der Waals surface area (Å²) in [5, 5.41) is 3.79. The lowest BCUT2D eigenvalue weighted by atomic mass is 10.3. The van der Waals surface area contributed by atoms with Gasteiger partial charge in [-0.3, -0.25) is 14.4 Å². The molecule has 2 aliphatic heterocycles. The Bertz CT molecular complexity index is 682. The minimum Gasteiger partial charge on any atom is -0.378 e. The first kappa shape index (κ1) is 19.6. The Morgan fingerprint density at radius 3 is 2.15 bits per heavy atom. The van der Waals surface area contributed by atoms with Gasteiger partial charge in [0.2, 0.25) is 11.8 Å². The molecule has 2 aliphatic rings. The van der Waals surface area contributed by atoms with Crippen molar-refractivity contribution in [3.8, 4) is 0 Å². The number of carbonyl (C=O) groups excluding carboxylic acids is 3. The molecule has 11 heteroatoms. The van der Waals surface area contributed by atoms with Crippen molar-refractivity contribution in [3.63, 3.8) is 0 Å². The number of rotatable bonds is 4. The predicted octanol–water partition coefficient (Wildman–Crippen LogP) is -0.859. The van der Waals surface area contributed by atoms with Crippen molar-refractivity contribution < 1.29 is 23.6 Å². The fourth-order valence-corrected chi connectivity index (χ4v) is 3.68. The van der Waals surface area contributed by atoms with E-state index in [0.29, 0.717) is 75.7 Å². The highest BCUT2D eigenvalue weighted by Gasteiger charge is 2.31. The molecular formula is C16H23N5O5S. The Kier molecular flexibility index (Phi) is 6.67. The van der Waals surface area contributed by atoms with Crippen LogP contribution in [0.2, 0.25) is 0 Å². The molecule has 2 saturated heterocycles. The molecule has 1 aromatic heterocycles. The second kappa shape index (κ2) is 9.18. The summed E-state index contributed by atoms with van der Waals surface area (Å²) in [6.07, 6.45) is 0. The molecule has 0 aromatic carbocycles. The molecule has 27 heavy (non-hydrogen) atoms. The van der Waals surface area contributed by atoms with Crippen LogP contribution in [0.3, 0.4) is 0 Å². The monoisotopic (exact) mass is 397 g/mol. The number of aromatic nitrogens is 2. The second-order valence-electron chi connectivity index (χ2n) is 6.30. The van der Waals surface area contributed by atoms with Gasteiger partial charge < -0.3 is 24.0 Å². The van der Waals surface area contributed by atoms with Crippen molar-refractivity contribution >= 4 is 29.5 Å². The minimum atomic E-state index is -0.495. The van der Waals surface area contributed by atoms with Crippen LogP contribution in [0.5, 0.6) is 0 Å². The quantitative estimate of drug-likeness (QED) is 0.604. The van der Waals surface area contributed by atoms with Gasteiger partial charge in [-0.15, -0.1) is 11.8 Å². The van der Waals surface area contributed by atoms with Gasteiger partial charge in [0.1, 0.15) is 0 Å². The summed E-state index contributed by atoms with van der Waals surface area (Å²) in [5.41, 5.74) is 0. The average Bonchev–Trinajstić information content (AvgIpc) is 3.12. The van der Waals surface area contributed by atoms with Gasteiger partial charge in [0.15, 0.2) is 5.82 Å². The van der Waals surface area contributed by atoms with Gasteiger partial charge in [0, 0.05) is 46.2 Å². The van der Waals surface area contributed by atoms with Gasteiger partial charge in [-0.05, 0) is 0 Å². The van der Waals surface area contributed by atoms with E-state index >= 15 is 0 Å². The predicted molar refractivity (Wildman–Crippen MR) is 95.8 cm³/mol. The molecule has 148 valence electrons. The van der Waals surface area contributed by atoms with Crippen LogP contribution in [0.4, 0.5) is 0 Å². The number of morpholine rings is 1. The SMILES string of the molecule is Cc1nc(CSCC(=O)N2CCN(C(=O)C(=O)N3CCOCC3)CC2)no1. The summed E-state index contributed by atoms with van der Waals surface area (Å²) in [7, 11) is 0. The maximum absolute atomic E-state index is 12.4. The van der Waals surface area contributed by atoms with Gasteiger partial charge in [0.05, 0.1) is 24.7 Å². The Hall–Kier alpha value is -2.14. The molecule has 2 fully saturated rings. The van der Waals surface area contributed by atoms with Crippen LogP contribution in [-0.4, -0.2) is 101 Å². The lowest BCUT2D eigenvalue weighted by Crippen LogP contribution is -2.55. The maximum Gasteiger partial charge on any atom is 0.312 e. The third kappa shape index (κ3) is 5.19. The number of hydrogen-bond acceptors (Lipinski definition) is 8. The fraction of sp³-hybridized carbons (Fsp3) is 0.688. The molecular weight excluding hydrogens is 374 g/mol. The molecule has 10 nitrogen and oxygen atoms in total. The second-order valence-corrected chi connectivity index (χ2v) is 7.29. The van der Waals surface area contributed by atoms with Crippen molar-refractivity contribution in [2.45, 2.75) is 12.7 Å². The van der Waals surface area contributed by atoms with Crippen molar-refractivity contribution in [2.75, 3.05) is 58.2 Å². The largest absolute Gasteiger partial charge is 0.378 e. The van der Waals surface area contributed by atoms with Crippen LogP contribution < -0.4 is 0 Å². The van der Waals surface area contributed by atoms with Crippen LogP contribution in [0.1, 0.15) is 11.7 Å². The molecule has 3 heterocycles. The number of piperazine rings is 1. The summed E-state index contributed by atoms with van der Waals surface area (Å²) in [4.78, 5) is 45.8. The first-order valence-electron chi connectivity index (χ1n) is 8.85. The van der Waals surface area contributed by atoms with E-state index in [-0.39, 0.29) is 5.91 Å². The number of nitrogens with zero attached hydrogens (tertiary/aromatic N) is 5. The Labute approximate surface area is 161 Å². The summed E-state index contributed by atoms with van der Waals surface area (Å²) in [6, 6.07) is 0. The molecule has 0 N–H and O–H groups in total. The molecule has 3 rings (SSSR count). The lowest BCUT2D eigenvalue weighted by molar-refractivity contribution is -0.155. The third-order valence-corrected chi connectivity index (χ3v) is 5.34. The van der Waals surface area contributed by atoms with E-state index < -0.39 is 11.8 Å². The number of thioether (sulfide) groups is 1.